The maximum Gasteiger partial charge on any atom is 0.170 e. The SMILES string of the molecule is COc1ccc(Br)c(CC(=O)c2cnn(C)c2)c1. The van der Waals surface area contributed by atoms with E-state index in [0.717, 1.165) is 15.8 Å². The molecule has 0 unspecified atom stereocenters. The normalized spacial score (nSPS) is 10.4. The Morgan fingerprint density at radius 2 is 2.28 bits per heavy atom. The van der Waals surface area contributed by atoms with Gasteiger partial charge in [0.2, 0.25) is 0 Å². The molecule has 0 spiro atoms. The lowest BCUT2D eigenvalue weighted by atomic mass is 10.1. The number of halogens is 1. The monoisotopic (exact) mass is 308 g/mol. The maximum atomic E-state index is 12.1. The highest BCUT2D eigenvalue weighted by atomic mass is 79.9. The quantitative estimate of drug-likeness (QED) is 0.816. The minimum absolute atomic E-state index is 0.0389. The highest BCUT2D eigenvalue weighted by molar-refractivity contribution is 9.10. The Kier molecular flexibility index (Phi) is 3.81. The van der Waals surface area contributed by atoms with E-state index in [9.17, 15) is 4.79 Å². The first-order chi connectivity index (χ1) is 8.60. The predicted octanol–water partition coefficient (Wildman–Crippen LogP) is 2.62. The average Bonchev–Trinajstić information content (AvgIpc) is 2.79. The second kappa shape index (κ2) is 5.35. The molecule has 18 heavy (non-hydrogen) atoms. The van der Waals surface area contributed by atoms with E-state index in [1.54, 1.807) is 31.2 Å². The van der Waals surface area contributed by atoms with E-state index >= 15 is 0 Å². The largest absolute Gasteiger partial charge is 0.497 e. The fraction of sp³-hybridized carbons (Fsp3) is 0.231. The molecule has 1 aromatic carbocycles. The molecule has 0 amide bonds. The number of methoxy groups -OCH3 is 1. The van der Waals surface area contributed by atoms with Crippen LogP contribution in [-0.2, 0) is 13.5 Å². The smallest absolute Gasteiger partial charge is 0.170 e. The first kappa shape index (κ1) is 12.8. The Morgan fingerprint density at radius 1 is 1.50 bits per heavy atom. The van der Waals surface area contributed by atoms with E-state index in [4.69, 9.17) is 4.74 Å². The van der Waals surface area contributed by atoms with Crippen molar-refractivity contribution in [1.29, 1.82) is 0 Å². The van der Waals surface area contributed by atoms with Crippen molar-refractivity contribution in [1.82, 2.24) is 9.78 Å². The minimum Gasteiger partial charge on any atom is -0.497 e. The molecule has 0 radical (unpaired) electrons. The zero-order valence-corrected chi connectivity index (χ0v) is 11.8. The van der Waals surface area contributed by atoms with E-state index in [2.05, 4.69) is 21.0 Å². The lowest BCUT2D eigenvalue weighted by molar-refractivity contribution is 0.0992. The van der Waals surface area contributed by atoms with Crippen LogP contribution in [0.5, 0.6) is 5.75 Å². The molecule has 1 heterocycles. The van der Waals surface area contributed by atoms with Crippen LogP contribution in [0.25, 0.3) is 0 Å². The molecule has 5 heteroatoms. The molecule has 0 saturated carbocycles. The number of aryl methyl sites for hydroxylation is 1. The number of hydrogen-bond acceptors (Lipinski definition) is 3. The van der Waals surface area contributed by atoms with Crippen LogP contribution >= 0.6 is 15.9 Å². The summed E-state index contributed by atoms with van der Waals surface area (Å²) >= 11 is 3.44. The van der Waals surface area contributed by atoms with Crippen molar-refractivity contribution < 1.29 is 9.53 Å². The topological polar surface area (TPSA) is 44.1 Å². The summed E-state index contributed by atoms with van der Waals surface area (Å²) < 4.78 is 7.67. The van der Waals surface area contributed by atoms with Gasteiger partial charge in [-0.25, -0.2) is 0 Å². The number of hydrogen-bond donors (Lipinski definition) is 0. The fourth-order valence-electron chi connectivity index (χ4n) is 1.65. The van der Waals surface area contributed by atoms with Gasteiger partial charge in [0.25, 0.3) is 0 Å². The summed E-state index contributed by atoms with van der Waals surface area (Å²) in [6.45, 7) is 0. The van der Waals surface area contributed by atoms with E-state index < -0.39 is 0 Å². The third kappa shape index (κ3) is 2.79. The zero-order valence-electron chi connectivity index (χ0n) is 10.2. The van der Waals surface area contributed by atoms with Gasteiger partial charge in [-0.1, -0.05) is 15.9 Å². The lowest BCUT2D eigenvalue weighted by Gasteiger charge is -2.06. The third-order valence-corrected chi connectivity index (χ3v) is 3.40. The summed E-state index contributed by atoms with van der Waals surface area (Å²) in [5.41, 5.74) is 1.52. The van der Waals surface area contributed by atoms with Gasteiger partial charge in [-0.15, -0.1) is 0 Å². The molecule has 4 nitrogen and oxygen atoms in total. The predicted molar refractivity (Wildman–Crippen MR) is 71.9 cm³/mol. The molecular weight excluding hydrogens is 296 g/mol. The van der Waals surface area contributed by atoms with Crippen molar-refractivity contribution in [2.24, 2.45) is 7.05 Å². The van der Waals surface area contributed by atoms with Crippen molar-refractivity contribution in [3.8, 4) is 5.75 Å². The third-order valence-electron chi connectivity index (χ3n) is 2.63. The van der Waals surface area contributed by atoms with Crippen LogP contribution in [0, 0.1) is 0 Å². The summed E-state index contributed by atoms with van der Waals surface area (Å²) in [7, 11) is 3.40. The molecule has 2 rings (SSSR count). The number of carbonyl (C=O) groups excluding carboxylic acids is 1. The van der Waals surface area contributed by atoms with Crippen molar-refractivity contribution in [3.05, 3.63) is 46.2 Å². The molecule has 0 bridgehead atoms. The Bertz CT molecular complexity index is 578. The van der Waals surface area contributed by atoms with Gasteiger partial charge in [-0.2, -0.15) is 5.10 Å². The van der Waals surface area contributed by atoms with Gasteiger partial charge in [-0.3, -0.25) is 9.48 Å². The number of benzene rings is 1. The summed E-state index contributed by atoms with van der Waals surface area (Å²) in [5, 5.41) is 3.99. The van der Waals surface area contributed by atoms with E-state index in [0.29, 0.717) is 12.0 Å². The van der Waals surface area contributed by atoms with Gasteiger partial charge in [0.1, 0.15) is 5.75 Å². The van der Waals surface area contributed by atoms with Crippen molar-refractivity contribution in [2.75, 3.05) is 7.11 Å². The molecular formula is C13H13BrN2O2. The molecule has 0 aliphatic heterocycles. The first-order valence-electron chi connectivity index (χ1n) is 5.44. The first-order valence-corrected chi connectivity index (χ1v) is 6.23. The Morgan fingerprint density at radius 3 is 2.89 bits per heavy atom. The lowest BCUT2D eigenvalue weighted by Crippen LogP contribution is -2.03. The van der Waals surface area contributed by atoms with Crippen LogP contribution in [0.15, 0.2) is 35.1 Å². The van der Waals surface area contributed by atoms with Crippen molar-refractivity contribution >= 4 is 21.7 Å². The molecule has 0 saturated heterocycles. The van der Waals surface area contributed by atoms with Crippen LogP contribution < -0.4 is 4.74 Å². The van der Waals surface area contributed by atoms with E-state index in [1.807, 2.05) is 18.2 Å². The summed E-state index contributed by atoms with van der Waals surface area (Å²) in [6.07, 6.45) is 3.62. The molecule has 2 aromatic rings. The number of rotatable bonds is 4. The molecule has 0 N–H and O–H groups in total. The van der Waals surface area contributed by atoms with Gasteiger partial charge in [0, 0.05) is 24.1 Å². The molecule has 0 aliphatic rings. The summed E-state index contributed by atoms with van der Waals surface area (Å²) in [6, 6.07) is 5.59. The van der Waals surface area contributed by atoms with Gasteiger partial charge >= 0.3 is 0 Å². The minimum atomic E-state index is 0.0389. The van der Waals surface area contributed by atoms with Crippen LogP contribution in [0.3, 0.4) is 0 Å². The Hall–Kier alpha value is -1.62. The number of ketones is 1. The molecule has 94 valence electrons. The Balaban J connectivity index is 2.21. The number of nitrogens with zero attached hydrogens (tertiary/aromatic N) is 2. The molecule has 0 fully saturated rings. The van der Waals surface area contributed by atoms with Gasteiger partial charge in [0.15, 0.2) is 5.78 Å². The molecule has 0 aliphatic carbocycles. The van der Waals surface area contributed by atoms with Crippen LogP contribution in [0.1, 0.15) is 15.9 Å². The number of aromatic nitrogens is 2. The molecule has 1 aromatic heterocycles. The number of carbonyl (C=O) groups is 1. The van der Waals surface area contributed by atoms with Crippen molar-refractivity contribution in [3.63, 3.8) is 0 Å². The second-order valence-electron chi connectivity index (χ2n) is 3.96. The van der Waals surface area contributed by atoms with E-state index in [1.165, 1.54) is 0 Å². The zero-order chi connectivity index (χ0) is 13.1. The fourth-order valence-corrected chi connectivity index (χ4v) is 2.04. The maximum absolute atomic E-state index is 12.1. The highest BCUT2D eigenvalue weighted by Crippen LogP contribution is 2.23. The van der Waals surface area contributed by atoms with Crippen molar-refractivity contribution in [2.45, 2.75) is 6.42 Å². The second-order valence-corrected chi connectivity index (χ2v) is 4.81. The van der Waals surface area contributed by atoms with Crippen LogP contribution in [0.2, 0.25) is 0 Å². The van der Waals surface area contributed by atoms with Crippen LogP contribution in [0.4, 0.5) is 0 Å². The Labute approximate surface area is 114 Å². The van der Waals surface area contributed by atoms with Gasteiger partial charge in [0.05, 0.1) is 18.9 Å². The molecule has 0 atom stereocenters. The van der Waals surface area contributed by atoms with Gasteiger partial charge in [-0.05, 0) is 23.8 Å². The number of ether oxygens (including phenoxy) is 1. The van der Waals surface area contributed by atoms with E-state index in [-0.39, 0.29) is 5.78 Å². The average molecular weight is 309 g/mol. The number of Topliss-reactive ketones (excluding diaryl/α,β-unsaturated/α-hetero) is 1. The van der Waals surface area contributed by atoms with Crippen LogP contribution in [-0.4, -0.2) is 22.7 Å². The highest BCUT2D eigenvalue weighted by Gasteiger charge is 2.11. The van der Waals surface area contributed by atoms with Gasteiger partial charge < -0.3 is 4.74 Å². The summed E-state index contributed by atoms with van der Waals surface area (Å²) in [5.74, 6) is 0.782. The summed E-state index contributed by atoms with van der Waals surface area (Å²) in [4.78, 5) is 12.1. The standard InChI is InChI=1S/C13H13BrN2O2/c1-16-8-10(7-15-16)13(17)6-9-5-11(18-2)3-4-12(9)14/h3-5,7-8H,6H2,1-2H3.